The smallest absolute Gasteiger partial charge is 0.305 e. The van der Waals surface area contributed by atoms with Crippen molar-refractivity contribution in [2.75, 3.05) is 26.4 Å². The molecule has 0 aliphatic heterocycles. The lowest BCUT2D eigenvalue weighted by molar-refractivity contribution is 0.0665. The van der Waals surface area contributed by atoms with Crippen LogP contribution in [-0.4, -0.2) is 53.8 Å². The number of hydrogen-bond donors (Lipinski definition) is 0. The Morgan fingerprint density at radius 1 is 0.606 bits per heavy atom. The van der Waals surface area contributed by atoms with E-state index < -0.39 is 48.7 Å². The van der Waals surface area contributed by atoms with Crippen LogP contribution in [0.1, 0.15) is 67.2 Å². The fourth-order valence-electron chi connectivity index (χ4n) is 2.14. The third kappa shape index (κ3) is 14.1. The molecule has 33 heavy (non-hydrogen) atoms. The Kier molecular flexibility index (Phi) is 18.6. The molecule has 0 aromatic carbocycles. The van der Waals surface area contributed by atoms with Gasteiger partial charge in [-0.2, -0.15) is 0 Å². The Morgan fingerprint density at radius 2 is 0.909 bits per heavy atom. The van der Waals surface area contributed by atoms with Gasteiger partial charge in [-0.3, -0.25) is 18.1 Å². The van der Waals surface area contributed by atoms with Crippen LogP contribution < -0.4 is 0 Å². The molecule has 0 unspecified atom stereocenters. The van der Waals surface area contributed by atoms with Crippen molar-refractivity contribution in [3.05, 3.63) is 0 Å². The third-order valence-electron chi connectivity index (χ3n) is 4.59. The average molecular weight is 596 g/mol. The van der Waals surface area contributed by atoms with Crippen molar-refractivity contribution in [1.82, 2.24) is 0 Å². The number of alkyl halides is 4. The Morgan fingerprint density at radius 3 is 1.18 bits per heavy atom. The van der Waals surface area contributed by atoms with E-state index in [4.69, 9.17) is 69.0 Å². The molecule has 0 aromatic rings. The van der Waals surface area contributed by atoms with Gasteiger partial charge in [0.05, 0.1) is 47.9 Å². The van der Waals surface area contributed by atoms with Crippen LogP contribution in [0.3, 0.4) is 0 Å². The first kappa shape index (κ1) is 34.4. The molecule has 0 saturated carbocycles. The van der Waals surface area contributed by atoms with Crippen molar-refractivity contribution in [1.29, 1.82) is 0 Å². The van der Waals surface area contributed by atoms with Crippen LogP contribution in [0.2, 0.25) is 0 Å². The summed E-state index contributed by atoms with van der Waals surface area (Å²) in [6.45, 7) is 10.6. The summed E-state index contributed by atoms with van der Waals surface area (Å²) in [5.41, 5.74) is 0. The van der Waals surface area contributed by atoms with E-state index in [0.29, 0.717) is 25.7 Å². The van der Waals surface area contributed by atoms with Crippen LogP contribution in [-0.2, 0) is 31.7 Å². The van der Waals surface area contributed by atoms with Gasteiger partial charge in [0.1, 0.15) is 0 Å². The van der Waals surface area contributed by atoms with Crippen molar-refractivity contribution < 1.29 is 31.7 Å². The number of phosphoric acid groups is 1. The lowest BCUT2D eigenvalue weighted by Crippen LogP contribution is -2.26. The first-order valence-corrected chi connectivity index (χ1v) is 16.2. The molecule has 0 saturated heterocycles. The summed E-state index contributed by atoms with van der Waals surface area (Å²) in [7, 11) is -8.25. The van der Waals surface area contributed by atoms with Crippen molar-refractivity contribution in [2.24, 2.45) is 5.92 Å². The van der Waals surface area contributed by atoms with E-state index in [9.17, 15) is 9.13 Å². The second kappa shape index (κ2) is 17.8. The summed E-state index contributed by atoms with van der Waals surface area (Å²) < 4.78 is 55.5. The molecule has 200 valence electrons. The van der Waals surface area contributed by atoms with E-state index in [1.54, 1.807) is 13.8 Å². The molecule has 13 heteroatoms. The van der Waals surface area contributed by atoms with Gasteiger partial charge in [-0.05, 0) is 31.6 Å². The highest BCUT2D eigenvalue weighted by atomic mass is 35.5. The molecular formula is C20H40Cl4O7P2. The summed E-state index contributed by atoms with van der Waals surface area (Å²) in [6, 6.07) is 0. The van der Waals surface area contributed by atoms with E-state index in [2.05, 4.69) is 0 Å². The molecule has 0 aromatic heterocycles. The Balaban J connectivity index is 5.91. The predicted octanol–water partition coefficient (Wildman–Crippen LogP) is 8.42. The van der Waals surface area contributed by atoms with E-state index >= 15 is 0 Å². The van der Waals surface area contributed by atoms with E-state index in [0.717, 1.165) is 0 Å². The van der Waals surface area contributed by atoms with Gasteiger partial charge in [0.25, 0.3) is 0 Å². The summed E-state index contributed by atoms with van der Waals surface area (Å²) in [6.07, 6.45) is 2.34. The zero-order valence-corrected chi connectivity index (χ0v) is 25.2. The maximum absolute atomic E-state index is 13.9. The van der Waals surface area contributed by atoms with Crippen molar-refractivity contribution >= 4 is 61.8 Å². The van der Waals surface area contributed by atoms with Gasteiger partial charge in [-0.1, -0.05) is 41.5 Å². The van der Waals surface area contributed by atoms with Crippen LogP contribution in [0, 0.1) is 5.92 Å². The van der Waals surface area contributed by atoms with E-state index in [-0.39, 0.29) is 26.4 Å². The molecule has 0 aliphatic carbocycles. The van der Waals surface area contributed by atoms with Crippen LogP contribution in [0.4, 0.5) is 0 Å². The summed E-state index contributed by atoms with van der Waals surface area (Å²) >= 11 is 24.6. The molecule has 0 heterocycles. The second-order valence-electron chi connectivity index (χ2n) is 7.93. The normalized spacial score (nSPS) is 17.7. The first-order valence-electron chi connectivity index (χ1n) is 11.4. The maximum atomic E-state index is 13.9. The first-order chi connectivity index (χ1) is 15.4. The van der Waals surface area contributed by atoms with Gasteiger partial charge in [-0.15, -0.1) is 46.4 Å². The van der Waals surface area contributed by atoms with Gasteiger partial charge in [0, 0.05) is 0 Å². The monoisotopic (exact) mass is 594 g/mol. The molecule has 0 spiro atoms. The molecule has 0 fully saturated rings. The van der Waals surface area contributed by atoms with Gasteiger partial charge >= 0.3 is 15.4 Å². The second-order valence-corrected chi connectivity index (χ2v) is 14.1. The van der Waals surface area contributed by atoms with E-state index in [1.165, 1.54) is 0 Å². The molecular weight excluding hydrogens is 556 g/mol. The SMILES string of the molecule is CC[C@@H](Cl)COP(=O)(OC[C@H](Cl)CC)O[C@H](C(C)C)P(=O)(OC[C@H](Cl)CC)OC[C@H](Cl)CC. The maximum Gasteiger partial charge on any atom is 0.475 e. The van der Waals surface area contributed by atoms with Crippen LogP contribution in [0.15, 0.2) is 0 Å². The Bertz CT molecular complexity index is 579. The van der Waals surface area contributed by atoms with Crippen molar-refractivity contribution in [3.63, 3.8) is 0 Å². The zero-order chi connectivity index (χ0) is 25.7. The van der Waals surface area contributed by atoms with Gasteiger partial charge < -0.3 is 9.05 Å². The fourth-order valence-corrected chi connectivity index (χ4v) is 6.86. The standard InChI is InChI=1S/C20H40Cl4O7P2/c1-7-16(21)11-27-32(25,28-12-17(22)8-2)20(15(5)6)31-33(26,29-13-18(23)9-3)30-14-19(24)10-4/h15-20H,7-14H2,1-6H3/t16-,17-,18-,19-,20+/m1/s1. The average Bonchev–Trinajstić information content (AvgIpc) is 2.81. The number of phosphoric ester groups is 1. The third-order valence-corrected chi connectivity index (χ3v) is 10.3. The number of rotatable bonds is 20. The zero-order valence-electron chi connectivity index (χ0n) is 20.4. The number of halogens is 4. The molecule has 0 rings (SSSR count). The molecule has 0 bridgehead atoms. The van der Waals surface area contributed by atoms with Crippen LogP contribution >= 0.6 is 61.8 Å². The molecule has 0 radical (unpaired) electrons. The molecule has 0 aliphatic rings. The van der Waals surface area contributed by atoms with Gasteiger partial charge in [0.2, 0.25) is 0 Å². The highest BCUT2D eigenvalue weighted by molar-refractivity contribution is 7.56. The summed E-state index contributed by atoms with van der Waals surface area (Å²) in [5, 5.41) is -1.61. The largest absolute Gasteiger partial charge is 0.475 e. The van der Waals surface area contributed by atoms with Crippen molar-refractivity contribution in [3.8, 4) is 0 Å². The Hall–Kier alpha value is 1.42. The lowest BCUT2D eigenvalue weighted by Gasteiger charge is -2.32. The van der Waals surface area contributed by atoms with Crippen LogP contribution in [0.5, 0.6) is 0 Å². The molecule has 5 atom stereocenters. The highest BCUT2D eigenvalue weighted by Gasteiger charge is 2.46. The lowest BCUT2D eigenvalue weighted by atomic mass is 10.2. The highest BCUT2D eigenvalue weighted by Crippen LogP contribution is 2.63. The fraction of sp³-hybridized carbons (Fsp3) is 1.00. The van der Waals surface area contributed by atoms with Crippen molar-refractivity contribution in [2.45, 2.75) is 94.6 Å². The Labute approximate surface area is 219 Å². The van der Waals surface area contributed by atoms with Crippen LogP contribution in [0.25, 0.3) is 0 Å². The predicted molar refractivity (Wildman–Crippen MR) is 138 cm³/mol. The summed E-state index contributed by atoms with van der Waals surface area (Å²) in [4.78, 5) is 0. The molecule has 0 N–H and O–H groups in total. The number of hydrogen-bond acceptors (Lipinski definition) is 7. The molecule has 0 amide bonds. The topological polar surface area (TPSA) is 80.3 Å². The molecule has 7 nitrogen and oxygen atoms in total. The minimum Gasteiger partial charge on any atom is -0.305 e. The minimum absolute atomic E-state index is 0.0494. The van der Waals surface area contributed by atoms with E-state index in [1.807, 2.05) is 27.7 Å². The van der Waals surface area contributed by atoms with Gasteiger partial charge in [-0.25, -0.2) is 4.57 Å². The minimum atomic E-state index is -4.24. The van der Waals surface area contributed by atoms with Gasteiger partial charge in [0.15, 0.2) is 5.85 Å². The quantitative estimate of drug-likeness (QED) is 0.103. The summed E-state index contributed by atoms with van der Waals surface area (Å²) in [5.74, 6) is -1.71.